The van der Waals surface area contributed by atoms with E-state index in [1.807, 2.05) is 0 Å². The highest BCUT2D eigenvalue weighted by Gasteiger charge is 2.27. The lowest BCUT2D eigenvalue weighted by atomic mass is 10.0. The van der Waals surface area contributed by atoms with E-state index >= 15 is 0 Å². The van der Waals surface area contributed by atoms with Crippen molar-refractivity contribution >= 4 is 55.7 Å². The van der Waals surface area contributed by atoms with Crippen molar-refractivity contribution in [1.82, 2.24) is 5.32 Å². The number of anilines is 1. The number of aryl methyl sites for hydroxylation is 1. The minimum atomic E-state index is -3.54. The number of sulfone groups is 1. The average Bonchev–Trinajstić information content (AvgIpc) is 2.94. The molecule has 1 aliphatic carbocycles. The molecule has 0 radical (unpaired) electrons. The van der Waals surface area contributed by atoms with Crippen molar-refractivity contribution in [3.05, 3.63) is 45.3 Å². The highest BCUT2D eigenvalue weighted by Crippen LogP contribution is 2.37. The number of hydrogen-bond donors (Lipinski definition) is 2. The SMILES string of the molecule is CCOC(=O)NC(=O)c1c(NC(=O)CCCS(=O)(=O)c2ccc(Cl)cc2)sc2c1CCCCC2. The van der Waals surface area contributed by atoms with Crippen LogP contribution in [-0.2, 0) is 32.2 Å². The number of rotatable bonds is 8. The lowest BCUT2D eigenvalue weighted by Crippen LogP contribution is -2.32. The molecule has 3 amide bonds. The Bertz CT molecular complexity index is 1160. The van der Waals surface area contributed by atoms with Gasteiger partial charge in [0.1, 0.15) is 5.00 Å². The molecule has 2 aromatic rings. The van der Waals surface area contributed by atoms with Gasteiger partial charge < -0.3 is 10.1 Å². The van der Waals surface area contributed by atoms with Gasteiger partial charge in [-0.2, -0.15) is 0 Å². The molecule has 1 aliphatic rings. The van der Waals surface area contributed by atoms with Gasteiger partial charge in [-0.05, 0) is 68.9 Å². The number of fused-ring (bicyclic) bond motifs is 1. The van der Waals surface area contributed by atoms with Crippen LogP contribution in [0.4, 0.5) is 9.80 Å². The molecule has 0 fully saturated rings. The molecule has 0 atom stereocenters. The number of amides is 3. The Kier molecular flexibility index (Phi) is 9.10. The van der Waals surface area contributed by atoms with E-state index in [2.05, 4.69) is 10.6 Å². The number of carbonyl (C=O) groups is 3. The van der Waals surface area contributed by atoms with E-state index in [4.69, 9.17) is 16.3 Å². The van der Waals surface area contributed by atoms with Gasteiger partial charge in [0.05, 0.1) is 22.8 Å². The Hall–Kier alpha value is -2.43. The Balaban J connectivity index is 1.69. The maximum atomic E-state index is 12.9. The summed E-state index contributed by atoms with van der Waals surface area (Å²) in [5, 5.41) is 5.80. The second kappa shape index (κ2) is 11.8. The zero-order chi connectivity index (χ0) is 24.7. The summed E-state index contributed by atoms with van der Waals surface area (Å²) in [7, 11) is -3.54. The average molecular weight is 527 g/mol. The number of nitrogens with one attached hydrogen (secondary N) is 2. The number of thiophene rings is 1. The Morgan fingerprint density at radius 3 is 2.50 bits per heavy atom. The maximum Gasteiger partial charge on any atom is 0.414 e. The molecular weight excluding hydrogens is 500 g/mol. The fraction of sp³-hybridized carbons (Fsp3) is 0.435. The van der Waals surface area contributed by atoms with Crippen LogP contribution in [0.25, 0.3) is 0 Å². The highest BCUT2D eigenvalue weighted by atomic mass is 35.5. The smallest absolute Gasteiger partial charge is 0.414 e. The van der Waals surface area contributed by atoms with Crippen molar-refractivity contribution in [3.63, 3.8) is 0 Å². The summed E-state index contributed by atoms with van der Waals surface area (Å²) in [6.45, 7) is 1.77. The minimum Gasteiger partial charge on any atom is -0.450 e. The van der Waals surface area contributed by atoms with E-state index in [0.717, 1.165) is 36.1 Å². The van der Waals surface area contributed by atoms with E-state index in [-0.39, 0.29) is 35.7 Å². The van der Waals surface area contributed by atoms with E-state index in [1.165, 1.54) is 35.6 Å². The lowest BCUT2D eigenvalue weighted by molar-refractivity contribution is -0.116. The first-order valence-electron chi connectivity index (χ1n) is 11.1. The van der Waals surface area contributed by atoms with Crippen LogP contribution < -0.4 is 10.6 Å². The molecule has 0 unspecified atom stereocenters. The third-order valence-corrected chi connectivity index (χ3v) is 8.66. The first kappa shape index (κ1) is 26.2. The van der Waals surface area contributed by atoms with Gasteiger partial charge in [-0.15, -0.1) is 11.3 Å². The minimum absolute atomic E-state index is 0.0334. The zero-order valence-electron chi connectivity index (χ0n) is 18.8. The maximum absolute atomic E-state index is 12.9. The molecule has 11 heteroatoms. The van der Waals surface area contributed by atoms with Crippen molar-refractivity contribution in [3.8, 4) is 0 Å². The fourth-order valence-corrected chi connectivity index (χ4v) is 6.50. The monoisotopic (exact) mass is 526 g/mol. The van der Waals surface area contributed by atoms with Crippen molar-refractivity contribution in [2.45, 2.75) is 56.8 Å². The molecule has 0 bridgehead atoms. The van der Waals surface area contributed by atoms with Gasteiger partial charge in [0.25, 0.3) is 5.91 Å². The second-order valence-corrected chi connectivity index (χ2v) is 11.5. The number of alkyl carbamates (subject to hydrolysis) is 1. The van der Waals surface area contributed by atoms with Gasteiger partial charge in [-0.25, -0.2) is 13.2 Å². The van der Waals surface area contributed by atoms with Crippen molar-refractivity contribution in [1.29, 1.82) is 0 Å². The van der Waals surface area contributed by atoms with Gasteiger partial charge in [-0.1, -0.05) is 18.0 Å². The van der Waals surface area contributed by atoms with E-state index < -0.39 is 27.7 Å². The van der Waals surface area contributed by atoms with E-state index in [1.54, 1.807) is 6.92 Å². The molecular formula is C23H27ClN2O6S2. The predicted molar refractivity (Wildman–Crippen MR) is 131 cm³/mol. The largest absolute Gasteiger partial charge is 0.450 e. The van der Waals surface area contributed by atoms with Gasteiger partial charge in [0, 0.05) is 16.3 Å². The molecule has 34 heavy (non-hydrogen) atoms. The molecule has 0 aliphatic heterocycles. The normalized spacial score (nSPS) is 13.5. The third-order valence-electron chi connectivity index (χ3n) is 5.38. The molecule has 3 rings (SSSR count). The molecule has 1 heterocycles. The van der Waals surface area contributed by atoms with Crippen molar-refractivity contribution in [2.75, 3.05) is 17.7 Å². The molecule has 2 N–H and O–H groups in total. The number of benzene rings is 1. The zero-order valence-corrected chi connectivity index (χ0v) is 21.2. The van der Waals surface area contributed by atoms with Crippen molar-refractivity contribution < 1.29 is 27.5 Å². The summed E-state index contributed by atoms with van der Waals surface area (Å²) < 4.78 is 29.8. The molecule has 184 valence electrons. The summed E-state index contributed by atoms with van der Waals surface area (Å²) in [5.41, 5.74) is 1.14. The van der Waals surface area contributed by atoms with Crippen LogP contribution >= 0.6 is 22.9 Å². The van der Waals surface area contributed by atoms with Crippen LogP contribution in [0, 0.1) is 0 Å². The Morgan fingerprint density at radius 2 is 1.79 bits per heavy atom. The number of carbonyl (C=O) groups excluding carboxylic acids is 3. The van der Waals surface area contributed by atoms with Crippen LogP contribution in [-0.4, -0.2) is 38.7 Å². The van der Waals surface area contributed by atoms with Crippen LogP contribution in [0.1, 0.15) is 59.8 Å². The summed E-state index contributed by atoms with van der Waals surface area (Å²) >= 11 is 7.14. The number of imide groups is 1. The van der Waals surface area contributed by atoms with Gasteiger partial charge in [-0.3, -0.25) is 14.9 Å². The Morgan fingerprint density at radius 1 is 1.09 bits per heavy atom. The highest BCUT2D eigenvalue weighted by molar-refractivity contribution is 7.91. The lowest BCUT2D eigenvalue weighted by Gasteiger charge is -2.10. The van der Waals surface area contributed by atoms with Crippen LogP contribution in [0.15, 0.2) is 29.2 Å². The number of ether oxygens (including phenoxy) is 1. The first-order valence-corrected chi connectivity index (χ1v) is 14.0. The fourth-order valence-electron chi connectivity index (χ4n) is 3.76. The van der Waals surface area contributed by atoms with Crippen molar-refractivity contribution in [2.24, 2.45) is 0 Å². The van der Waals surface area contributed by atoms with E-state index in [9.17, 15) is 22.8 Å². The summed E-state index contributed by atoms with van der Waals surface area (Å²) in [5.74, 6) is -1.20. The summed E-state index contributed by atoms with van der Waals surface area (Å²) in [4.78, 5) is 38.4. The third kappa shape index (κ3) is 6.80. The van der Waals surface area contributed by atoms with Crippen LogP contribution in [0.3, 0.4) is 0 Å². The molecule has 1 aromatic heterocycles. The molecule has 1 aromatic carbocycles. The molecule has 0 saturated heterocycles. The van der Waals surface area contributed by atoms with Gasteiger partial charge in [0.2, 0.25) is 5.91 Å². The Labute approximate surface area is 207 Å². The van der Waals surface area contributed by atoms with Gasteiger partial charge >= 0.3 is 6.09 Å². The van der Waals surface area contributed by atoms with E-state index in [0.29, 0.717) is 16.4 Å². The van der Waals surface area contributed by atoms with Gasteiger partial charge in [0.15, 0.2) is 9.84 Å². The second-order valence-electron chi connectivity index (χ2n) is 7.87. The van der Waals surface area contributed by atoms with Crippen LogP contribution in [0.5, 0.6) is 0 Å². The topological polar surface area (TPSA) is 119 Å². The summed E-state index contributed by atoms with van der Waals surface area (Å²) in [6.07, 6.45) is 3.68. The molecule has 8 nitrogen and oxygen atoms in total. The standard InChI is InChI=1S/C23H27ClN2O6S2/c1-2-32-23(29)26-21(28)20-17-7-4-3-5-8-18(17)33-22(20)25-19(27)9-6-14-34(30,31)16-12-10-15(24)11-13-16/h10-13H,2-9,14H2,1H3,(H,25,27)(H,26,28,29). The first-order chi connectivity index (χ1) is 16.2. The summed E-state index contributed by atoms with van der Waals surface area (Å²) in [6, 6.07) is 5.88. The predicted octanol–water partition coefficient (Wildman–Crippen LogP) is 4.75. The number of hydrogen-bond acceptors (Lipinski definition) is 7. The molecule has 0 saturated carbocycles. The van der Waals surface area contributed by atoms with Crippen LogP contribution in [0.2, 0.25) is 5.02 Å². The quantitative estimate of drug-likeness (QED) is 0.479. The number of halogens is 1. The molecule has 0 spiro atoms.